The van der Waals surface area contributed by atoms with Crippen LogP contribution in [0.25, 0.3) is 5.69 Å². The van der Waals surface area contributed by atoms with Crippen LogP contribution in [0.5, 0.6) is 0 Å². The number of anilines is 1. The van der Waals surface area contributed by atoms with Gasteiger partial charge in [-0.25, -0.2) is 4.68 Å². The van der Waals surface area contributed by atoms with Gasteiger partial charge in [0.15, 0.2) is 0 Å². The molecule has 0 bridgehead atoms. The Bertz CT molecular complexity index is 538. The maximum Gasteiger partial charge on any atom is 0.124 e. The van der Waals surface area contributed by atoms with Crippen molar-refractivity contribution in [3.8, 4) is 5.69 Å². The van der Waals surface area contributed by atoms with E-state index in [0.717, 1.165) is 16.9 Å². The summed E-state index contributed by atoms with van der Waals surface area (Å²) in [4.78, 5) is 0. The first-order valence-corrected chi connectivity index (χ1v) is 5.72. The second-order valence-electron chi connectivity index (χ2n) is 5.35. The van der Waals surface area contributed by atoms with E-state index in [1.54, 1.807) is 4.68 Å². The molecule has 2 rings (SSSR count). The van der Waals surface area contributed by atoms with Gasteiger partial charge in [-0.1, -0.05) is 27.7 Å². The summed E-state index contributed by atoms with van der Waals surface area (Å²) in [6.07, 6.45) is 0. The van der Waals surface area contributed by atoms with E-state index in [1.807, 2.05) is 31.2 Å². The fourth-order valence-corrected chi connectivity index (χ4v) is 1.67. The minimum absolute atomic E-state index is 0. The maximum absolute atomic E-state index is 6.01. The normalized spacial score (nSPS) is 11.1. The fourth-order valence-electron chi connectivity index (χ4n) is 1.67. The van der Waals surface area contributed by atoms with Crippen molar-refractivity contribution < 1.29 is 32.7 Å². The van der Waals surface area contributed by atoms with E-state index in [2.05, 4.69) is 31.9 Å². The molecule has 0 atom stereocenters. The molecule has 3 nitrogen and oxygen atoms in total. The summed E-state index contributed by atoms with van der Waals surface area (Å²) in [6.45, 7) is 8.39. The van der Waals surface area contributed by atoms with Crippen molar-refractivity contribution in [1.82, 2.24) is 9.78 Å². The first-order chi connectivity index (χ1) is 7.88. The molecule has 2 N–H and O–H groups in total. The Hall–Kier alpha value is -0.666. The Morgan fingerprint density at radius 2 is 1.94 bits per heavy atom. The Labute approximate surface area is 134 Å². The predicted octanol–water partition coefficient (Wildman–Crippen LogP) is 2.86. The summed E-state index contributed by atoms with van der Waals surface area (Å²) in [5.74, 6) is 0.667. The number of rotatable bonds is 1. The zero-order valence-electron chi connectivity index (χ0n) is 11.4. The van der Waals surface area contributed by atoms with Crippen molar-refractivity contribution in [2.45, 2.75) is 33.1 Å². The van der Waals surface area contributed by atoms with Crippen molar-refractivity contribution >= 4 is 5.82 Å². The van der Waals surface area contributed by atoms with Crippen LogP contribution < -0.4 is 5.73 Å². The van der Waals surface area contributed by atoms with E-state index in [0.29, 0.717) is 5.82 Å². The van der Waals surface area contributed by atoms with Gasteiger partial charge in [-0.15, -0.1) is 12.1 Å². The fraction of sp³-hybridized carbons (Fsp3) is 0.357. The largest absolute Gasteiger partial charge is 0.384 e. The number of nitrogens with zero attached hydrogens (tertiary/aromatic N) is 2. The van der Waals surface area contributed by atoms with Gasteiger partial charge in [0.25, 0.3) is 0 Å². The summed E-state index contributed by atoms with van der Waals surface area (Å²) in [7, 11) is 0. The van der Waals surface area contributed by atoms with Crippen LogP contribution in [-0.4, -0.2) is 9.78 Å². The van der Waals surface area contributed by atoms with E-state index in [9.17, 15) is 0 Å². The summed E-state index contributed by atoms with van der Waals surface area (Å²) in [6, 6.07) is 10.9. The van der Waals surface area contributed by atoms with E-state index in [1.165, 1.54) is 0 Å². The Morgan fingerprint density at radius 1 is 1.28 bits per heavy atom. The van der Waals surface area contributed by atoms with Crippen LogP contribution in [0, 0.1) is 13.0 Å². The van der Waals surface area contributed by atoms with E-state index in [-0.39, 0.29) is 38.1 Å². The molecule has 0 fully saturated rings. The van der Waals surface area contributed by atoms with Gasteiger partial charge >= 0.3 is 0 Å². The molecule has 1 aromatic heterocycles. The molecule has 0 saturated carbocycles. The van der Waals surface area contributed by atoms with Crippen LogP contribution in [0.3, 0.4) is 0 Å². The number of aryl methyl sites for hydroxylation is 1. The third-order valence-corrected chi connectivity index (χ3v) is 2.68. The second-order valence-corrected chi connectivity index (χ2v) is 5.35. The molecule has 0 aliphatic carbocycles. The monoisotopic (exact) mass is 317 g/mol. The summed E-state index contributed by atoms with van der Waals surface area (Å²) in [5.41, 5.74) is 9.08. The van der Waals surface area contributed by atoms with Crippen LogP contribution in [0.1, 0.15) is 32.0 Å². The van der Waals surface area contributed by atoms with Gasteiger partial charge in [-0.3, -0.25) is 0 Å². The average molecular weight is 317 g/mol. The molecule has 1 aromatic carbocycles. The molecule has 2 aromatic rings. The van der Waals surface area contributed by atoms with Crippen LogP contribution >= 0.6 is 0 Å². The SMILES string of the molecule is Cc1[c-]ccc(-n2nc(C(C)(C)C)cc2N)c1.[Y]. The van der Waals surface area contributed by atoms with Crippen molar-refractivity contribution in [2.75, 3.05) is 5.73 Å². The summed E-state index contributed by atoms with van der Waals surface area (Å²) < 4.78 is 1.78. The third kappa shape index (κ3) is 3.21. The number of nitrogens with two attached hydrogens (primary N) is 1. The Balaban J connectivity index is 0.00000162. The molecular weight excluding hydrogens is 299 g/mol. The van der Waals surface area contributed by atoms with Crippen molar-refractivity contribution in [3.05, 3.63) is 41.6 Å². The summed E-state index contributed by atoms with van der Waals surface area (Å²) in [5, 5.41) is 4.57. The molecule has 0 saturated heterocycles. The van der Waals surface area contributed by atoms with Crippen LogP contribution in [-0.2, 0) is 38.1 Å². The predicted molar refractivity (Wildman–Crippen MR) is 70.2 cm³/mol. The number of hydrogen-bond acceptors (Lipinski definition) is 2. The molecule has 0 amide bonds. The van der Waals surface area contributed by atoms with Crippen LogP contribution in [0.2, 0.25) is 0 Å². The Kier molecular flexibility index (Phi) is 4.74. The molecule has 0 aliphatic heterocycles. The first kappa shape index (κ1) is 15.4. The first-order valence-electron chi connectivity index (χ1n) is 5.72. The molecule has 1 radical (unpaired) electrons. The zero-order valence-corrected chi connectivity index (χ0v) is 14.2. The topological polar surface area (TPSA) is 43.8 Å². The van der Waals surface area contributed by atoms with Gasteiger partial charge < -0.3 is 5.73 Å². The van der Waals surface area contributed by atoms with E-state index >= 15 is 0 Å². The van der Waals surface area contributed by atoms with Gasteiger partial charge in [0.1, 0.15) is 5.82 Å². The molecule has 0 spiro atoms. The van der Waals surface area contributed by atoms with Crippen molar-refractivity contribution in [3.63, 3.8) is 0 Å². The Morgan fingerprint density at radius 3 is 2.44 bits per heavy atom. The molecule has 1 heterocycles. The molecule has 0 unspecified atom stereocenters. The van der Waals surface area contributed by atoms with Gasteiger partial charge in [0, 0.05) is 44.2 Å². The van der Waals surface area contributed by atoms with E-state index in [4.69, 9.17) is 5.73 Å². The van der Waals surface area contributed by atoms with Gasteiger partial charge in [-0.2, -0.15) is 22.8 Å². The molecule has 4 heteroatoms. The average Bonchev–Trinajstić information content (AvgIpc) is 2.60. The van der Waals surface area contributed by atoms with Gasteiger partial charge in [0.05, 0.1) is 5.69 Å². The number of hydrogen-bond donors (Lipinski definition) is 1. The molecular formula is C14H18N3Y-. The van der Waals surface area contributed by atoms with Crippen LogP contribution in [0.4, 0.5) is 5.82 Å². The van der Waals surface area contributed by atoms with Crippen LogP contribution in [0.15, 0.2) is 24.3 Å². The molecule has 0 aliphatic rings. The zero-order chi connectivity index (χ0) is 12.6. The quantitative estimate of drug-likeness (QED) is 0.822. The van der Waals surface area contributed by atoms with Crippen molar-refractivity contribution in [1.29, 1.82) is 0 Å². The van der Waals surface area contributed by atoms with E-state index < -0.39 is 0 Å². The molecule has 93 valence electrons. The second kappa shape index (κ2) is 5.54. The molecule has 18 heavy (non-hydrogen) atoms. The number of aromatic nitrogens is 2. The smallest absolute Gasteiger partial charge is 0.124 e. The summed E-state index contributed by atoms with van der Waals surface area (Å²) >= 11 is 0. The van der Waals surface area contributed by atoms with Gasteiger partial charge in [0.2, 0.25) is 0 Å². The minimum Gasteiger partial charge on any atom is -0.384 e. The van der Waals surface area contributed by atoms with Crippen molar-refractivity contribution in [2.24, 2.45) is 0 Å². The number of benzene rings is 1. The number of nitrogen functional groups attached to an aromatic ring is 1. The minimum atomic E-state index is 0. The van der Waals surface area contributed by atoms with Gasteiger partial charge in [-0.05, 0) is 5.69 Å². The third-order valence-electron chi connectivity index (χ3n) is 2.68. The standard InChI is InChI=1S/C14H18N3.Y/c1-10-6-5-7-11(8-10)17-13(15)9-12(16-17)14(2,3)4;/h5,7-9H,15H2,1-4H3;/q-1;. The maximum atomic E-state index is 6.01.